The van der Waals surface area contributed by atoms with Crippen molar-refractivity contribution in [1.29, 1.82) is 0 Å². The van der Waals surface area contributed by atoms with Crippen molar-refractivity contribution in [3.05, 3.63) is 99.9 Å². The third kappa shape index (κ3) is 9.70. The molecule has 9 heteroatoms. The first-order valence-corrected chi connectivity index (χ1v) is 14.6. The van der Waals surface area contributed by atoms with Crippen LogP contribution in [0.5, 0.6) is 0 Å². The Bertz CT molecular complexity index is 1320. The van der Waals surface area contributed by atoms with Crippen molar-refractivity contribution in [2.24, 2.45) is 0 Å². The number of halogens is 2. The Morgan fingerprint density at radius 2 is 1.60 bits per heavy atom. The van der Waals surface area contributed by atoms with Crippen molar-refractivity contribution < 1.29 is 23.5 Å². The smallest absolute Gasteiger partial charge is 0.253 e. The molecular formula is C33H42F2N4O3. The fourth-order valence-electron chi connectivity index (χ4n) is 4.93. The molecule has 42 heavy (non-hydrogen) atoms. The zero-order chi connectivity index (χ0) is 30.6. The summed E-state index contributed by atoms with van der Waals surface area (Å²) in [5, 5.41) is 17.1. The van der Waals surface area contributed by atoms with E-state index in [1.165, 1.54) is 12.1 Å². The van der Waals surface area contributed by atoms with Crippen LogP contribution < -0.4 is 10.6 Å². The molecule has 0 saturated carbocycles. The van der Waals surface area contributed by atoms with Crippen molar-refractivity contribution in [3.63, 3.8) is 0 Å². The van der Waals surface area contributed by atoms with Crippen molar-refractivity contribution >= 4 is 11.8 Å². The van der Waals surface area contributed by atoms with Crippen LogP contribution in [-0.4, -0.2) is 58.6 Å². The van der Waals surface area contributed by atoms with E-state index in [0.29, 0.717) is 30.8 Å². The summed E-state index contributed by atoms with van der Waals surface area (Å²) in [6.45, 7) is 9.61. The van der Waals surface area contributed by atoms with Gasteiger partial charge in [0.05, 0.1) is 17.8 Å². The van der Waals surface area contributed by atoms with E-state index in [4.69, 9.17) is 0 Å². The lowest BCUT2D eigenvalue weighted by atomic mass is 9.99. The first kappa shape index (κ1) is 32.8. The summed E-state index contributed by atoms with van der Waals surface area (Å²) >= 11 is 0. The van der Waals surface area contributed by atoms with Gasteiger partial charge >= 0.3 is 0 Å². The fraction of sp³-hybridized carbons (Fsp3) is 0.424. The molecule has 2 amide bonds. The molecule has 3 N–H and O–H groups in total. The normalized spacial score (nSPS) is 12.5. The van der Waals surface area contributed by atoms with Crippen molar-refractivity contribution in [1.82, 2.24) is 20.5 Å². The number of nitrogens with zero attached hydrogens (tertiary/aromatic N) is 2. The van der Waals surface area contributed by atoms with Crippen LogP contribution >= 0.6 is 0 Å². The number of nitrogens with one attached hydrogen (secondary N) is 2. The van der Waals surface area contributed by atoms with Crippen molar-refractivity contribution in [3.8, 4) is 0 Å². The van der Waals surface area contributed by atoms with Gasteiger partial charge < -0.3 is 20.6 Å². The largest absolute Gasteiger partial charge is 0.390 e. The highest BCUT2D eigenvalue weighted by molar-refractivity contribution is 6.00. The Morgan fingerprint density at radius 3 is 2.24 bits per heavy atom. The molecule has 0 aliphatic rings. The van der Waals surface area contributed by atoms with Crippen LogP contribution in [0.25, 0.3) is 0 Å². The van der Waals surface area contributed by atoms with Gasteiger partial charge in [0.25, 0.3) is 11.8 Å². The van der Waals surface area contributed by atoms with E-state index in [0.717, 1.165) is 42.1 Å². The van der Waals surface area contributed by atoms with Crippen LogP contribution in [0.4, 0.5) is 8.78 Å². The Hall–Kier alpha value is -3.69. The predicted octanol–water partition coefficient (Wildman–Crippen LogP) is 4.98. The number of aliphatic hydroxyl groups excluding tert-OH is 1. The molecule has 0 aliphatic heterocycles. The van der Waals surface area contributed by atoms with Crippen LogP contribution in [-0.2, 0) is 19.4 Å². The van der Waals surface area contributed by atoms with Gasteiger partial charge in [-0.15, -0.1) is 0 Å². The molecule has 1 heterocycles. The minimum Gasteiger partial charge on any atom is -0.390 e. The van der Waals surface area contributed by atoms with Gasteiger partial charge in [-0.3, -0.25) is 14.6 Å². The Morgan fingerprint density at radius 1 is 0.929 bits per heavy atom. The minimum atomic E-state index is -1.09. The number of aliphatic hydroxyl groups is 1. The maximum Gasteiger partial charge on any atom is 0.253 e. The molecule has 0 aliphatic carbocycles. The Balaban J connectivity index is 1.80. The number of pyridine rings is 1. The summed E-state index contributed by atoms with van der Waals surface area (Å²) in [5.74, 6) is -2.12. The van der Waals surface area contributed by atoms with E-state index < -0.39 is 29.7 Å². The molecule has 1 aromatic heterocycles. The topological polar surface area (TPSA) is 94.6 Å². The highest BCUT2D eigenvalue weighted by atomic mass is 19.1. The Labute approximate surface area is 247 Å². The van der Waals surface area contributed by atoms with Crippen LogP contribution in [0.2, 0.25) is 0 Å². The number of aryl methyl sites for hydroxylation is 2. The molecular weight excluding hydrogens is 538 g/mol. The molecule has 0 bridgehead atoms. The molecule has 0 radical (unpaired) electrons. The summed E-state index contributed by atoms with van der Waals surface area (Å²) in [6, 6.07) is 11.2. The van der Waals surface area contributed by atoms with Crippen molar-refractivity contribution in [2.75, 3.05) is 19.6 Å². The first-order chi connectivity index (χ1) is 20.1. The van der Waals surface area contributed by atoms with Gasteiger partial charge in [0.2, 0.25) is 0 Å². The monoisotopic (exact) mass is 580 g/mol. The number of carbonyl (C=O) groups excluding carboxylic acids is 2. The lowest BCUT2D eigenvalue weighted by Gasteiger charge is -2.25. The zero-order valence-electron chi connectivity index (χ0n) is 24.9. The second-order valence-electron chi connectivity index (χ2n) is 10.6. The van der Waals surface area contributed by atoms with E-state index in [1.807, 2.05) is 32.9 Å². The summed E-state index contributed by atoms with van der Waals surface area (Å²) in [5.41, 5.74) is 3.67. The van der Waals surface area contributed by atoms with Crippen LogP contribution in [0.3, 0.4) is 0 Å². The van der Waals surface area contributed by atoms with E-state index in [1.54, 1.807) is 29.3 Å². The molecule has 0 fully saturated rings. The van der Waals surface area contributed by atoms with Crippen LogP contribution in [0, 0.1) is 18.6 Å². The quantitative estimate of drug-likeness (QED) is 0.236. The number of benzene rings is 2. The lowest BCUT2D eigenvalue weighted by Crippen LogP contribution is -2.48. The van der Waals surface area contributed by atoms with Gasteiger partial charge in [0, 0.05) is 49.6 Å². The molecule has 226 valence electrons. The van der Waals surface area contributed by atoms with Gasteiger partial charge in [-0.1, -0.05) is 20.8 Å². The standard InChI is InChI=1S/C33H42F2N4O3/c1-5-10-39(11-6-2)33(42)26-13-22(4)12-25(18-26)32(41)38-30(17-24-14-27(34)19-28(35)15-24)31(40)21-36-20-29-16-23(7-3)8-9-37-29/h8-9,12-16,18-19,30-31,36,40H,5-7,10-11,17,20-21H2,1-4H3,(H,38,41). The second kappa shape index (κ2) is 16.1. The van der Waals surface area contributed by atoms with Gasteiger partial charge in [-0.05, 0) is 91.8 Å². The lowest BCUT2D eigenvalue weighted by molar-refractivity contribution is 0.0755. The molecule has 3 rings (SSSR count). The van der Waals surface area contributed by atoms with Gasteiger partial charge in [0.15, 0.2) is 0 Å². The average molecular weight is 581 g/mol. The molecule has 7 nitrogen and oxygen atoms in total. The fourth-order valence-corrected chi connectivity index (χ4v) is 4.93. The summed E-state index contributed by atoms with van der Waals surface area (Å²) < 4.78 is 27.9. The summed E-state index contributed by atoms with van der Waals surface area (Å²) in [6.07, 6.45) is 3.14. The molecule has 3 aromatic rings. The number of aromatic nitrogens is 1. The molecule has 2 aromatic carbocycles. The number of hydrogen-bond acceptors (Lipinski definition) is 5. The van der Waals surface area contributed by atoms with E-state index >= 15 is 0 Å². The maximum atomic E-state index is 14.0. The third-order valence-corrected chi connectivity index (χ3v) is 6.97. The Kier molecular flexibility index (Phi) is 12.6. The molecule has 2 unspecified atom stereocenters. The summed E-state index contributed by atoms with van der Waals surface area (Å²) in [7, 11) is 0. The zero-order valence-corrected chi connectivity index (χ0v) is 24.9. The number of amides is 2. The molecule has 0 spiro atoms. The second-order valence-corrected chi connectivity index (χ2v) is 10.6. The van der Waals surface area contributed by atoms with Gasteiger partial charge in [0.1, 0.15) is 11.6 Å². The van der Waals surface area contributed by atoms with E-state index in [-0.39, 0.29) is 24.4 Å². The third-order valence-electron chi connectivity index (χ3n) is 6.97. The molecule has 2 atom stereocenters. The highest BCUT2D eigenvalue weighted by Crippen LogP contribution is 2.16. The minimum absolute atomic E-state index is 0.00871. The number of rotatable bonds is 15. The maximum absolute atomic E-state index is 14.0. The molecule has 0 saturated heterocycles. The van der Waals surface area contributed by atoms with Crippen molar-refractivity contribution in [2.45, 2.75) is 72.1 Å². The van der Waals surface area contributed by atoms with Gasteiger partial charge in [-0.2, -0.15) is 0 Å². The summed E-state index contributed by atoms with van der Waals surface area (Å²) in [4.78, 5) is 32.8. The number of carbonyl (C=O) groups is 2. The van der Waals surface area contributed by atoms with Crippen LogP contribution in [0.1, 0.15) is 76.7 Å². The first-order valence-electron chi connectivity index (χ1n) is 14.6. The average Bonchev–Trinajstić information content (AvgIpc) is 2.95. The van der Waals surface area contributed by atoms with Crippen LogP contribution in [0.15, 0.2) is 54.7 Å². The highest BCUT2D eigenvalue weighted by Gasteiger charge is 2.24. The SMILES string of the molecule is CCCN(CCC)C(=O)c1cc(C)cc(C(=O)NC(Cc2cc(F)cc(F)c2)C(O)CNCc2cc(CC)ccn2)c1. The van der Waals surface area contributed by atoms with E-state index in [9.17, 15) is 23.5 Å². The number of hydrogen-bond donors (Lipinski definition) is 3. The van der Waals surface area contributed by atoms with E-state index in [2.05, 4.69) is 22.5 Å². The van der Waals surface area contributed by atoms with Gasteiger partial charge in [-0.25, -0.2) is 8.78 Å². The predicted molar refractivity (Wildman–Crippen MR) is 160 cm³/mol.